The van der Waals surface area contributed by atoms with Gasteiger partial charge in [0.05, 0.1) is 19.3 Å². The fraction of sp³-hybridized carbons (Fsp3) is 0.154. The molecule has 0 aliphatic heterocycles. The van der Waals surface area contributed by atoms with Gasteiger partial charge in [-0.3, -0.25) is 9.36 Å². The molecule has 0 fully saturated rings. The van der Waals surface area contributed by atoms with Crippen molar-refractivity contribution in [1.82, 2.24) is 14.5 Å². The van der Waals surface area contributed by atoms with Gasteiger partial charge in [0.2, 0.25) is 17.8 Å². The molecule has 0 amide bonds. The highest BCUT2D eigenvalue weighted by Gasteiger charge is 2.18. The SMILES string of the molecule is CCOC(=O)c1cnc(Nc2ccc(Oc3cccc(F)n3)c(C)c2)n(Cc2ccc(Cl)cc2)c1=O. The maximum absolute atomic E-state index is 13.4. The summed E-state index contributed by atoms with van der Waals surface area (Å²) in [4.78, 5) is 33.5. The normalized spacial score (nSPS) is 10.7. The molecule has 10 heteroatoms. The van der Waals surface area contributed by atoms with Gasteiger partial charge < -0.3 is 14.8 Å². The van der Waals surface area contributed by atoms with Gasteiger partial charge in [0.25, 0.3) is 5.56 Å². The van der Waals surface area contributed by atoms with Gasteiger partial charge in [-0.05, 0) is 61.4 Å². The number of anilines is 2. The lowest BCUT2D eigenvalue weighted by Crippen LogP contribution is -2.30. The molecule has 0 spiro atoms. The predicted molar refractivity (Wildman–Crippen MR) is 134 cm³/mol. The van der Waals surface area contributed by atoms with Gasteiger partial charge in [0.1, 0.15) is 11.3 Å². The Kier molecular flexibility index (Phi) is 7.60. The van der Waals surface area contributed by atoms with Crippen molar-refractivity contribution in [2.45, 2.75) is 20.4 Å². The number of nitrogens with one attached hydrogen (secondary N) is 1. The lowest BCUT2D eigenvalue weighted by atomic mass is 10.2. The fourth-order valence-corrected chi connectivity index (χ4v) is 3.52. The molecule has 0 bridgehead atoms. The van der Waals surface area contributed by atoms with Crippen molar-refractivity contribution in [3.63, 3.8) is 0 Å². The van der Waals surface area contributed by atoms with E-state index in [-0.39, 0.29) is 30.5 Å². The lowest BCUT2D eigenvalue weighted by Gasteiger charge is -2.16. The molecule has 4 aromatic rings. The summed E-state index contributed by atoms with van der Waals surface area (Å²) in [6.07, 6.45) is 1.20. The minimum absolute atomic E-state index is 0.131. The zero-order valence-electron chi connectivity index (χ0n) is 19.5. The molecule has 0 saturated carbocycles. The van der Waals surface area contributed by atoms with Crippen molar-refractivity contribution >= 4 is 29.2 Å². The molecular formula is C26H22ClFN4O4. The number of benzene rings is 2. The number of rotatable bonds is 8. The summed E-state index contributed by atoms with van der Waals surface area (Å²) in [5, 5.41) is 3.69. The van der Waals surface area contributed by atoms with Crippen LogP contribution in [0.5, 0.6) is 11.6 Å². The van der Waals surface area contributed by atoms with Gasteiger partial charge in [-0.15, -0.1) is 0 Å². The number of carbonyl (C=O) groups is 1. The summed E-state index contributed by atoms with van der Waals surface area (Å²) in [6.45, 7) is 3.75. The second kappa shape index (κ2) is 11.0. The van der Waals surface area contributed by atoms with E-state index in [1.54, 1.807) is 55.5 Å². The van der Waals surface area contributed by atoms with E-state index < -0.39 is 17.5 Å². The smallest absolute Gasteiger partial charge is 0.345 e. The summed E-state index contributed by atoms with van der Waals surface area (Å²) in [5.74, 6) is -0.535. The number of carbonyl (C=O) groups excluding carboxylic acids is 1. The molecule has 0 radical (unpaired) electrons. The average Bonchev–Trinajstić information content (AvgIpc) is 2.84. The van der Waals surface area contributed by atoms with Crippen LogP contribution in [0.1, 0.15) is 28.4 Å². The summed E-state index contributed by atoms with van der Waals surface area (Å²) in [5.41, 5.74) is 1.43. The molecule has 0 aliphatic carbocycles. The lowest BCUT2D eigenvalue weighted by molar-refractivity contribution is 0.0523. The molecule has 0 atom stereocenters. The van der Waals surface area contributed by atoms with E-state index in [9.17, 15) is 14.0 Å². The Balaban J connectivity index is 1.65. The van der Waals surface area contributed by atoms with Gasteiger partial charge >= 0.3 is 5.97 Å². The summed E-state index contributed by atoms with van der Waals surface area (Å²) in [6, 6.07) is 16.5. The van der Waals surface area contributed by atoms with Crippen molar-refractivity contribution in [2.75, 3.05) is 11.9 Å². The first kappa shape index (κ1) is 24.9. The van der Waals surface area contributed by atoms with Gasteiger partial charge in [0.15, 0.2) is 0 Å². The van der Waals surface area contributed by atoms with Crippen molar-refractivity contribution in [3.05, 3.63) is 105 Å². The zero-order chi connectivity index (χ0) is 25.7. The molecule has 2 aromatic heterocycles. The number of hydrogen-bond acceptors (Lipinski definition) is 7. The second-order valence-electron chi connectivity index (χ2n) is 7.74. The quantitative estimate of drug-likeness (QED) is 0.248. The van der Waals surface area contributed by atoms with Crippen LogP contribution in [0.15, 0.2) is 71.7 Å². The van der Waals surface area contributed by atoms with E-state index in [2.05, 4.69) is 15.3 Å². The van der Waals surface area contributed by atoms with E-state index in [0.717, 1.165) is 11.1 Å². The second-order valence-corrected chi connectivity index (χ2v) is 8.18. The Labute approximate surface area is 211 Å². The highest BCUT2D eigenvalue weighted by atomic mass is 35.5. The van der Waals surface area contributed by atoms with Crippen LogP contribution in [0.25, 0.3) is 0 Å². The Morgan fingerprint density at radius 3 is 2.61 bits per heavy atom. The third-order valence-electron chi connectivity index (χ3n) is 5.13. The fourth-order valence-electron chi connectivity index (χ4n) is 3.39. The monoisotopic (exact) mass is 508 g/mol. The topological polar surface area (TPSA) is 95.3 Å². The minimum atomic E-state index is -0.741. The minimum Gasteiger partial charge on any atom is -0.462 e. The van der Waals surface area contributed by atoms with E-state index in [1.165, 1.54) is 22.9 Å². The van der Waals surface area contributed by atoms with Crippen LogP contribution in [0, 0.1) is 12.9 Å². The third-order valence-corrected chi connectivity index (χ3v) is 5.38. The molecular weight excluding hydrogens is 487 g/mol. The molecule has 4 rings (SSSR count). The molecule has 0 aliphatic rings. The molecule has 8 nitrogen and oxygen atoms in total. The van der Waals surface area contributed by atoms with E-state index >= 15 is 0 Å². The zero-order valence-corrected chi connectivity index (χ0v) is 20.3. The molecule has 2 heterocycles. The molecule has 0 unspecified atom stereocenters. The van der Waals surface area contributed by atoms with Crippen LogP contribution >= 0.6 is 11.6 Å². The molecule has 1 N–H and O–H groups in total. The predicted octanol–water partition coefficient (Wildman–Crippen LogP) is 5.50. The number of ether oxygens (including phenoxy) is 2. The van der Waals surface area contributed by atoms with Gasteiger partial charge in [-0.2, -0.15) is 9.37 Å². The Morgan fingerprint density at radius 2 is 1.92 bits per heavy atom. The first-order chi connectivity index (χ1) is 17.3. The Morgan fingerprint density at radius 1 is 1.14 bits per heavy atom. The van der Waals surface area contributed by atoms with Crippen LogP contribution in [-0.4, -0.2) is 27.1 Å². The van der Waals surface area contributed by atoms with Gasteiger partial charge in [-0.25, -0.2) is 9.78 Å². The average molecular weight is 509 g/mol. The number of aromatic nitrogens is 3. The van der Waals surface area contributed by atoms with Gasteiger partial charge in [0, 0.05) is 16.8 Å². The molecule has 0 saturated heterocycles. The van der Waals surface area contributed by atoms with E-state index in [1.807, 2.05) is 6.92 Å². The van der Waals surface area contributed by atoms with Crippen LogP contribution < -0.4 is 15.6 Å². The van der Waals surface area contributed by atoms with Crippen LogP contribution in [0.2, 0.25) is 5.02 Å². The number of hydrogen-bond donors (Lipinski definition) is 1. The van der Waals surface area contributed by atoms with Crippen molar-refractivity contribution in [1.29, 1.82) is 0 Å². The first-order valence-corrected chi connectivity index (χ1v) is 11.4. The number of pyridine rings is 1. The highest BCUT2D eigenvalue weighted by molar-refractivity contribution is 6.30. The number of aryl methyl sites for hydroxylation is 1. The van der Waals surface area contributed by atoms with Crippen molar-refractivity contribution in [3.8, 4) is 11.6 Å². The maximum atomic E-state index is 13.4. The molecule has 184 valence electrons. The van der Waals surface area contributed by atoms with Crippen molar-refractivity contribution in [2.24, 2.45) is 0 Å². The Bertz CT molecular complexity index is 1460. The summed E-state index contributed by atoms with van der Waals surface area (Å²) in [7, 11) is 0. The van der Waals surface area contributed by atoms with Crippen LogP contribution in [-0.2, 0) is 11.3 Å². The highest BCUT2D eigenvalue weighted by Crippen LogP contribution is 2.27. The summed E-state index contributed by atoms with van der Waals surface area (Å²) < 4.78 is 25.4. The number of esters is 1. The molecule has 2 aromatic carbocycles. The Hall–Kier alpha value is -4.24. The number of nitrogens with zero attached hydrogens (tertiary/aromatic N) is 3. The van der Waals surface area contributed by atoms with Crippen LogP contribution in [0.3, 0.4) is 0 Å². The maximum Gasteiger partial charge on any atom is 0.345 e. The first-order valence-electron chi connectivity index (χ1n) is 11.0. The van der Waals surface area contributed by atoms with Crippen molar-refractivity contribution < 1.29 is 18.7 Å². The number of halogens is 2. The molecule has 36 heavy (non-hydrogen) atoms. The third kappa shape index (κ3) is 5.87. The van der Waals surface area contributed by atoms with E-state index in [4.69, 9.17) is 21.1 Å². The van der Waals surface area contributed by atoms with Crippen LogP contribution in [0.4, 0.5) is 16.0 Å². The summed E-state index contributed by atoms with van der Waals surface area (Å²) >= 11 is 5.99. The van der Waals surface area contributed by atoms with E-state index in [0.29, 0.717) is 16.5 Å². The largest absolute Gasteiger partial charge is 0.462 e. The standard InChI is InChI=1S/C26H22ClFN4O4/c1-3-35-25(34)20-14-29-26(32(24(20)33)15-17-7-9-18(27)10-8-17)30-19-11-12-21(16(2)13-19)36-23-6-4-5-22(28)31-23/h4-14H,3,15H2,1-2H3,(H,29,30). The van der Waals surface area contributed by atoms with Gasteiger partial charge in [-0.1, -0.05) is 29.8 Å².